The van der Waals surface area contributed by atoms with Gasteiger partial charge >= 0.3 is 0 Å². The molecule has 2 amide bonds. The molecule has 0 heterocycles. The van der Waals surface area contributed by atoms with Crippen molar-refractivity contribution in [1.82, 2.24) is 5.32 Å². The van der Waals surface area contributed by atoms with Crippen molar-refractivity contribution in [1.29, 1.82) is 0 Å². The number of primary sulfonamides is 1. The molecule has 1 atom stereocenters. The number of nitrogens with one attached hydrogen (secondary N) is 2. The summed E-state index contributed by atoms with van der Waals surface area (Å²) in [7, 11) is -3.97. The van der Waals surface area contributed by atoms with Gasteiger partial charge in [-0.1, -0.05) is 26.0 Å². The summed E-state index contributed by atoms with van der Waals surface area (Å²) in [4.78, 5) is 24.6. The first-order chi connectivity index (χ1) is 13.0. The van der Waals surface area contributed by atoms with Crippen molar-refractivity contribution in [2.45, 2.75) is 24.8 Å². The predicted molar refractivity (Wildman–Crippen MR) is 98.9 cm³/mol. The van der Waals surface area contributed by atoms with Crippen molar-refractivity contribution in [3.8, 4) is 0 Å². The molecule has 0 bridgehead atoms. The molecule has 0 aliphatic carbocycles. The van der Waals surface area contributed by atoms with E-state index < -0.39 is 51.0 Å². The van der Waals surface area contributed by atoms with E-state index in [4.69, 9.17) is 5.14 Å². The van der Waals surface area contributed by atoms with Gasteiger partial charge in [0.2, 0.25) is 15.9 Å². The lowest BCUT2D eigenvalue weighted by molar-refractivity contribution is -0.118. The first-order valence-corrected chi connectivity index (χ1v) is 9.74. The van der Waals surface area contributed by atoms with Gasteiger partial charge in [0, 0.05) is 5.69 Å². The van der Waals surface area contributed by atoms with Crippen molar-refractivity contribution in [2.24, 2.45) is 11.1 Å². The van der Waals surface area contributed by atoms with Crippen LogP contribution in [0.25, 0.3) is 0 Å². The number of carbonyl (C=O) groups is 2. The van der Waals surface area contributed by atoms with Crippen LogP contribution in [0.3, 0.4) is 0 Å². The Morgan fingerprint density at radius 1 is 1.04 bits per heavy atom. The van der Waals surface area contributed by atoms with E-state index in [0.29, 0.717) is 0 Å². The summed E-state index contributed by atoms with van der Waals surface area (Å²) in [6, 6.07) is 7.07. The van der Waals surface area contributed by atoms with Gasteiger partial charge < -0.3 is 10.6 Å². The molecule has 0 aliphatic heterocycles. The third-order valence-electron chi connectivity index (χ3n) is 3.86. The molecule has 10 heteroatoms. The molecule has 150 valence electrons. The van der Waals surface area contributed by atoms with E-state index in [1.54, 1.807) is 13.8 Å². The van der Waals surface area contributed by atoms with Crippen LogP contribution in [0.4, 0.5) is 14.5 Å². The number of hydrogen-bond donors (Lipinski definition) is 3. The Bertz CT molecular complexity index is 989. The molecule has 2 aromatic rings. The molecule has 4 N–H and O–H groups in total. The summed E-state index contributed by atoms with van der Waals surface area (Å²) >= 11 is 0. The molecular formula is C18H19F2N3O4S. The van der Waals surface area contributed by atoms with Crippen LogP contribution in [0.5, 0.6) is 0 Å². The van der Waals surface area contributed by atoms with E-state index in [0.717, 1.165) is 24.3 Å². The number of amides is 2. The Hall–Kier alpha value is -2.85. The van der Waals surface area contributed by atoms with Crippen molar-refractivity contribution < 1.29 is 26.8 Å². The highest BCUT2D eigenvalue weighted by Gasteiger charge is 2.27. The number of benzene rings is 2. The number of sulfonamides is 1. The monoisotopic (exact) mass is 411 g/mol. The normalized spacial score (nSPS) is 12.5. The summed E-state index contributed by atoms with van der Waals surface area (Å²) < 4.78 is 50.4. The number of nitrogens with two attached hydrogens (primary N) is 1. The molecule has 0 aromatic heterocycles. The summed E-state index contributed by atoms with van der Waals surface area (Å²) in [5.41, 5.74) is -0.661. The van der Waals surface area contributed by atoms with E-state index in [2.05, 4.69) is 10.6 Å². The third-order valence-corrected chi connectivity index (χ3v) is 4.77. The molecule has 7 nitrogen and oxygen atoms in total. The maximum Gasteiger partial charge on any atom is 0.257 e. The highest BCUT2D eigenvalue weighted by Crippen LogP contribution is 2.17. The van der Waals surface area contributed by atoms with Crippen molar-refractivity contribution in [3.05, 3.63) is 59.7 Å². The van der Waals surface area contributed by atoms with Gasteiger partial charge in [-0.25, -0.2) is 22.3 Å². The Labute approximate surface area is 161 Å². The zero-order chi connectivity index (χ0) is 21.1. The second kappa shape index (κ2) is 8.44. The fraction of sp³-hybridized carbons (Fsp3) is 0.222. The van der Waals surface area contributed by atoms with Gasteiger partial charge in [0.15, 0.2) is 0 Å². The van der Waals surface area contributed by atoms with E-state index >= 15 is 0 Å². The predicted octanol–water partition coefficient (Wildman–Crippen LogP) is 2.01. The van der Waals surface area contributed by atoms with E-state index in [9.17, 15) is 26.8 Å². The second-order valence-electron chi connectivity index (χ2n) is 6.35. The SMILES string of the molecule is CC(C)[C@H](NC(=O)c1c(F)cccc1F)C(=O)Nc1cccc(S(N)(=O)=O)c1. The molecule has 0 spiro atoms. The lowest BCUT2D eigenvalue weighted by Crippen LogP contribution is -2.47. The molecule has 2 aromatic carbocycles. The number of anilines is 1. The van der Waals surface area contributed by atoms with Crippen molar-refractivity contribution in [3.63, 3.8) is 0 Å². The first kappa shape index (κ1) is 21.5. The largest absolute Gasteiger partial charge is 0.340 e. The van der Waals surface area contributed by atoms with Crippen LogP contribution in [0.2, 0.25) is 0 Å². The van der Waals surface area contributed by atoms with Gasteiger partial charge in [-0.3, -0.25) is 9.59 Å². The van der Waals surface area contributed by atoms with Gasteiger partial charge in [0.1, 0.15) is 23.2 Å². The Balaban J connectivity index is 2.22. The Morgan fingerprint density at radius 3 is 2.14 bits per heavy atom. The average Bonchev–Trinajstić information content (AvgIpc) is 2.58. The van der Waals surface area contributed by atoms with Crippen molar-refractivity contribution in [2.75, 3.05) is 5.32 Å². The number of carbonyl (C=O) groups excluding carboxylic acids is 2. The van der Waals surface area contributed by atoms with Gasteiger partial charge in [-0.05, 0) is 36.2 Å². The van der Waals surface area contributed by atoms with E-state index in [1.807, 2.05) is 0 Å². The lowest BCUT2D eigenvalue weighted by atomic mass is 10.0. The Morgan fingerprint density at radius 2 is 1.61 bits per heavy atom. The summed E-state index contributed by atoms with van der Waals surface area (Å²) in [5.74, 6) is -4.31. The minimum atomic E-state index is -3.97. The highest BCUT2D eigenvalue weighted by molar-refractivity contribution is 7.89. The lowest BCUT2D eigenvalue weighted by Gasteiger charge is -2.22. The smallest absolute Gasteiger partial charge is 0.257 e. The van der Waals surface area contributed by atoms with E-state index in [-0.39, 0.29) is 10.6 Å². The van der Waals surface area contributed by atoms with Crippen LogP contribution in [0, 0.1) is 17.6 Å². The van der Waals surface area contributed by atoms with Gasteiger partial charge in [0.25, 0.3) is 5.91 Å². The molecule has 0 aliphatic rings. The average molecular weight is 411 g/mol. The van der Waals surface area contributed by atoms with Crippen LogP contribution >= 0.6 is 0 Å². The summed E-state index contributed by atoms with van der Waals surface area (Å²) in [6.07, 6.45) is 0. The molecule has 0 radical (unpaired) electrons. The fourth-order valence-electron chi connectivity index (χ4n) is 2.43. The second-order valence-corrected chi connectivity index (χ2v) is 7.92. The topological polar surface area (TPSA) is 118 Å². The molecule has 2 rings (SSSR count). The van der Waals surface area contributed by atoms with Crippen LogP contribution in [-0.4, -0.2) is 26.3 Å². The van der Waals surface area contributed by atoms with Crippen LogP contribution in [0.1, 0.15) is 24.2 Å². The molecule has 0 saturated carbocycles. The van der Waals surface area contributed by atoms with Crippen LogP contribution in [0.15, 0.2) is 47.4 Å². The zero-order valence-electron chi connectivity index (χ0n) is 15.1. The van der Waals surface area contributed by atoms with Crippen LogP contribution in [-0.2, 0) is 14.8 Å². The Kier molecular flexibility index (Phi) is 6.47. The van der Waals surface area contributed by atoms with Crippen LogP contribution < -0.4 is 15.8 Å². The standard InChI is InChI=1S/C18H19F2N3O4S/c1-10(2)16(23-17(24)15-13(19)7-4-8-14(15)20)18(25)22-11-5-3-6-12(9-11)28(21,26)27/h3-10,16H,1-2H3,(H,22,25)(H,23,24)(H2,21,26,27)/t16-/m0/s1. The summed E-state index contributed by atoms with van der Waals surface area (Å²) in [5, 5.41) is 9.82. The highest BCUT2D eigenvalue weighted by atomic mass is 32.2. The number of rotatable bonds is 6. The first-order valence-electron chi connectivity index (χ1n) is 8.19. The molecule has 0 saturated heterocycles. The van der Waals surface area contributed by atoms with E-state index in [1.165, 1.54) is 18.2 Å². The minimum Gasteiger partial charge on any atom is -0.340 e. The molecule has 0 unspecified atom stereocenters. The maximum atomic E-state index is 13.8. The number of halogens is 2. The van der Waals surface area contributed by atoms with Crippen molar-refractivity contribution >= 4 is 27.5 Å². The minimum absolute atomic E-state index is 0.133. The molecule has 28 heavy (non-hydrogen) atoms. The van der Waals surface area contributed by atoms with Gasteiger partial charge in [-0.2, -0.15) is 0 Å². The fourth-order valence-corrected chi connectivity index (χ4v) is 2.99. The quantitative estimate of drug-likeness (QED) is 0.674. The zero-order valence-corrected chi connectivity index (χ0v) is 15.9. The number of hydrogen-bond acceptors (Lipinski definition) is 4. The summed E-state index contributed by atoms with van der Waals surface area (Å²) in [6.45, 7) is 3.26. The molecular weight excluding hydrogens is 392 g/mol. The molecule has 0 fully saturated rings. The van der Waals surface area contributed by atoms with Gasteiger partial charge in [0.05, 0.1) is 4.90 Å². The maximum absolute atomic E-state index is 13.8. The van der Waals surface area contributed by atoms with Gasteiger partial charge in [-0.15, -0.1) is 0 Å². The third kappa shape index (κ3) is 5.11.